The van der Waals surface area contributed by atoms with Gasteiger partial charge in [-0.15, -0.1) is 0 Å². The molecule has 0 unspecified atom stereocenters. The summed E-state index contributed by atoms with van der Waals surface area (Å²) in [4.78, 5) is 24.2. The molecule has 0 aliphatic heterocycles. The van der Waals surface area contributed by atoms with E-state index in [-0.39, 0.29) is 18.9 Å². The third-order valence-electron chi connectivity index (χ3n) is 4.06. The average molecular weight is 478 g/mol. The van der Waals surface area contributed by atoms with E-state index in [0.717, 1.165) is 10.0 Å². The van der Waals surface area contributed by atoms with E-state index in [2.05, 4.69) is 31.8 Å². The molecule has 0 radical (unpaired) electrons. The highest BCUT2D eigenvalue weighted by molar-refractivity contribution is 9.10. The number of nitrogens with one attached hydrogen (secondary N) is 2. The van der Waals surface area contributed by atoms with Gasteiger partial charge in [0.25, 0.3) is 0 Å². The summed E-state index contributed by atoms with van der Waals surface area (Å²) in [5.74, 6) is 0.784. The second-order valence-electron chi connectivity index (χ2n) is 6.05. The Hall–Kier alpha value is -3.07. The molecule has 0 aliphatic rings. The molecular formula is C21H24BrN3O5. The van der Waals surface area contributed by atoms with Crippen molar-refractivity contribution in [2.45, 2.75) is 19.4 Å². The lowest BCUT2D eigenvalue weighted by Gasteiger charge is -2.18. The molecular weight excluding hydrogens is 454 g/mol. The first-order chi connectivity index (χ1) is 14.5. The van der Waals surface area contributed by atoms with Crippen molar-refractivity contribution in [3.63, 3.8) is 0 Å². The number of hydrogen-bond donors (Lipinski definition) is 2. The first-order valence-electron chi connectivity index (χ1n) is 9.20. The predicted molar refractivity (Wildman–Crippen MR) is 117 cm³/mol. The van der Waals surface area contributed by atoms with Crippen molar-refractivity contribution in [1.29, 1.82) is 0 Å². The smallest absolute Gasteiger partial charge is 0.407 e. The van der Waals surface area contributed by atoms with Crippen LogP contribution in [0.15, 0.2) is 52.0 Å². The summed E-state index contributed by atoms with van der Waals surface area (Å²) in [5.41, 5.74) is 3.90. The molecule has 2 aromatic rings. The maximum Gasteiger partial charge on any atom is 0.407 e. The summed E-state index contributed by atoms with van der Waals surface area (Å²) in [6.07, 6.45) is 0.872. The highest BCUT2D eigenvalue weighted by Crippen LogP contribution is 2.31. The van der Waals surface area contributed by atoms with Crippen molar-refractivity contribution < 1.29 is 23.8 Å². The molecule has 30 heavy (non-hydrogen) atoms. The van der Waals surface area contributed by atoms with Gasteiger partial charge in [-0.3, -0.25) is 4.79 Å². The number of carbonyl (C=O) groups is 2. The largest absolute Gasteiger partial charge is 0.496 e. The molecule has 2 N–H and O–H groups in total. The van der Waals surface area contributed by atoms with E-state index in [0.29, 0.717) is 17.1 Å². The van der Waals surface area contributed by atoms with Gasteiger partial charge in [0, 0.05) is 11.6 Å². The topological polar surface area (TPSA) is 98.2 Å². The molecule has 0 fully saturated rings. The lowest BCUT2D eigenvalue weighted by atomic mass is 10.0. The highest BCUT2D eigenvalue weighted by Gasteiger charge is 2.19. The van der Waals surface area contributed by atoms with Crippen LogP contribution in [0.25, 0.3) is 0 Å². The lowest BCUT2D eigenvalue weighted by molar-refractivity contribution is -0.121. The maximum absolute atomic E-state index is 12.4. The molecule has 2 amide bonds. The van der Waals surface area contributed by atoms with Gasteiger partial charge in [-0.05, 0) is 34.5 Å². The number of nitrogens with zero attached hydrogens (tertiary/aromatic N) is 1. The van der Waals surface area contributed by atoms with Crippen LogP contribution in [-0.4, -0.2) is 39.0 Å². The van der Waals surface area contributed by atoms with Crippen LogP contribution in [0.3, 0.4) is 0 Å². The number of methoxy groups -OCH3 is 2. The highest BCUT2D eigenvalue weighted by atomic mass is 79.9. The van der Waals surface area contributed by atoms with Crippen molar-refractivity contribution >= 4 is 34.1 Å². The second-order valence-corrected chi connectivity index (χ2v) is 6.91. The number of carbonyl (C=O) groups excluding carboxylic acids is 2. The number of alkyl carbamates (subject to hydrolysis) is 1. The van der Waals surface area contributed by atoms with Crippen LogP contribution in [0, 0.1) is 0 Å². The molecule has 2 aromatic carbocycles. The third kappa shape index (κ3) is 6.77. The molecule has 0 spiro atoms. The predicted octanol–water partition coefficient (Wildman–Crippen LogP) is 3.79. The quantitative estimate of drug-likeness (QED) is 0.422. The van der Waals surface area contributed by atoms with Crippen LogP contribution >= 0.6 is 15.9 Å². The standard InChI is InChI=1S/C21H24BrN3O5/c1-4-30-21(27)24-17(14-8-6-5-7-9-14)11-20(26)25-23-13-15-10-16(22)19(29-3)12-18(15)28-2/h5-10,12-13,17H,4,11H2,1-3H3,(H,24,27)(H,25,26)/b23-13-/t17-/m0/s1. The number of halogens is 1. The number of ether oxygens (including phenoxy) is 3. The Morgan fingerprint density at radius 3 is 2.47 bits per heavy atom. The van der Waals surface area contributed by atoms with E-state index in [1.54, 1.807) is 26.2 Å². The summed E-state index contributed by atoms with van der Waals surface area (Å²) in [6.45, 7) is 1.95. The molecule has 0 bridgehead atoms. The van der Waals surface area contributed by atoms with Gasteiger partial charge < -0.3 is 19.5 Å². The number of benzene rings is 2. The monoisotopic (exact) mass is 477 g/mol. The van der Waals surface area contributed by atoms with Crippen molar-refractivity contribution in [1.82, 2.24) is 10.7 Å². The normalized spacial score (nSPS) is 11.6. The van der Waals surface area contributed by atoms with Crippen LogP contribution in [0.2, 0.25) is 0 Å². The zero-order valence-electron chi connectivity index (χ0n) is 17.0. The minimum atomic E-state index is -0.588. The number of hydrogen-bond acceptors (Lipinski definition) is 6. The van der Waals surface area contributed by atoms with Gasteiger partial charge in [-0.2, -0.15) is 5.10 Å². The zero-order valence-corrected chi connectivity index (χ0v) is 18.6. The fourth-order valence-corrected chi connectivity index (χ4v) is 3.16. The summed E-state index contributed by atoms with van der Waals surface area (Å²) >= 11 is 3.40. The Bertz CT molecular complexity index is 890. The minimum Gasteiger partial charge on any atom is -0.496 e. The number of hydrazone groups is 1. The maximum atomic E-state index is 12.4. The molecule has 1 atom stereocenters. The van der Waals surface area contributed by atoms with Gasteiger partial charge in [0.05, 0.1) is 44.0 Å². The first-order valence-corrected chi connectivity index (χ1v) is 9.99. The second kappa shape index (κ2) is 11.8. The fraction of sp³-hybridized carbons (Fsp3) is 0.286. The molecule has 0 saturated carbocycles. The Morgan fingerprint density at radius 1 is 1.13 bits per heavy atom. The van der Waals surface area contributed by atoms with Gasteiger partial charge in [0.15, 0.2) is 0 Å². The molecule has 160 valence electrons. The third-order valence-corrected chi connectivity index (χ3v) is 4.68. The van der Waals surface area contributed by atoms with E-state index < -0.39 is 12.1 Å². The van der Waals surface area contributed by atoms with Gasteiger partial charge in [0.2, 0.25) is 5.91 Å². The zero-order chi connectivity index (χ0) is 21.9. The molecule has 0 heterocycles. The van der Waals surface area contributed by atoms with Crippen LogP contribution in [-0.2, 0) is 9.53 Å². The molecule has 0 aromatic heterocycles. The Morgan fingerprint density at radius 2 is 1.83 bits per heavy atom. The van der Waals surface area contributed by atoms with E-state index >= 15 is 0 Å². The van der Waals surface area contributed by atoms with Gasteiger partial charge in [-0.25, -0.2) is 10.2 Å². The number of amides is 2. The van der Waals surface area contributed by atoms with E-state index in [9.17, 15) is 9.59 Å². The van der Waals surface area contributed by atoms with Crippen LogP contribution in [0.5, 0.6) is 11.5 Å². The van der Waals surface area contributed by atoms with Gasteiger partial charge >= 0.3 is 6.09 Å². The molecule has 8 nitrogen and oxygen atoms in total. The van der Waals surface area contributed by atoms with Gasteiger partial charge in [0.1, 0.15) is 11.5 Å². The fourth-order valence-electron chi connectivity index (χ4n) is 2.64. The number of rotatable bonds is 9. The summed E-state index contributed by atoms with van der Waals surface area (Å²) in [5, 5.41) is 6.70. The van der Waals surface area contributed by atoms with E-state index in [1.807, 2.05) is 30.3 Å². The molecule has 2 rings (SSSR count). The van der Waals surface area contributed by atoms with Crippen LogP contribution < -0.4 is 20.2 Å². The van der Waals surface area contributed by atoms with Crippen molar-refractivity contribution in [3.8, 4) is 11.5 Å². The summed E-state index contributed by atoms with van der Waals surface area (Å²) in [6, 6.07) is 12.1. The summed E-state index contributed by atoms with van der Waals surface area (Å²) in [7, 11) is 3.09. The van der Waals surface area contributed by atoms with Crippen molar-refractivity contribution in [2.24, 2.45) is 5.10 Å². The minimum absolute atomic E-state index is 0.0103. The molecule has 0 aliphatic carbocycles. The lowest BCUT2D eigenvalue weighted by Crippen LogP contribution is -2.33. The van der Waals surface area contributed by atoms with E-state index in [4.69, 9.17) is 14.2 Å². The van der Waals surface area contributed by atoms with E-state index in [1.165, 1.54) is 13.3 Å². The Labute approximate surface area is 183 Å². The van der Waals surface area contributed by atoms with Crippen LogP contribution in [0.1, 0.15) is 30.5 Å². The van der Waals surface area contributed by atoms with Crippen molar-refractivity contribution in [3.05, 3.63) is 58.1 Å². The SMILES string of the molecule is CCOC(=O)N[C@@H](CC(=O)N/N=C\c1cc(Br)c(OC)cc1OC)c1ccccc1. The van der Waals surface area contributed by atoms with Crippen LogP contribution in [0.4, 0.5) is 4.79 Å². The van der Waals surface area contributed by atoms with Gasteiger partial charge in [-0.1, -0.05) is 30.3 Å². The average Bonchev–Trinajstić information content (AvgIpc) is 2.74. The molecule has 0 saturated heterocycles. The first kappa shape index (κ1) is 23.2. The van der Waals surface area contributed by atoms with Crippen molar-refractivity contribution in [2.75, 3.05) is 20.8 Å². The Kier molecular flexibility index (Phi) is 9.14. The molecule has 9 heteroatoms. The Balaban J connectivity index is 2.06. The summed E-state index contributed by atoms with van der Waals surface area (Å²) < 4.78 is 16.2.